The van der Waals surface area contributed by atoms with Crippen LogP contribution >= 0.6 is 0 Å². The van der Waals surface area contributed by atoms with Crippen molar-refractivity contribution in [3.05, 3.63) is 0 Å². The molecule has 100 valence electrons. The highest BCUT2D eigenvalue weighted by Gasteiger charge is 2.38. The Bertz CT molecular complexity index is 249. The largest absolute Gasteiger partial charge is 0.450 e. The summed E-state index contributed by atoms with van der Waals surface area (Å²) in [5.74, 6) is 0. The van der Waals surface area contributed by atoms with Gasteiger partial charge in [0.1, 0.15) is 18.3 Å². The summed E-state index contributed by atoms with van der Waals surface area (Å²) in [6.45, 7) is 2.10. The van der Waals surface area contributed by atoms with Crippen LogP contribution in [0.3, 0.4) is 0 Å². The third-order valence-electron chi connectivity index (χ3n) is 2.49. The molecule has 7 heteroatoms. The van der Waals surface area contributed by atoms with E-state index in [0.717, 1.165) is 12.8 Å². The molecule has 0 unspecified atom stereocenters. The molecule has 0 aromatic heterocycles. The van der Waals surface area contributed by atoms with Crippen LogP contribution in [0, 0.1) is 0 Å². The Kier molecular flexibility index (Phi) is 5.63. The third-order valence-corrected chi connectivity index (χ3v) is 2.49. The molecular weight excluding hydrogens is 230 g/mol. The van der Waals surface area contributed by atoms with E-state index >= 15 is 0 Å². The van der Waals surface area contributed by atoms with Gasteiger partial charge in [-0.05, 0) is 6.42 Å². The fourth-order valence-electron chi connectivity index (χ4n) is 1.40. The Balaban J connectivity index is 2.33. The maximum absolute atomic E-state index is 11.3. The summed E-state index contributed by atoms with van der Waals surface area (Å²) in [7, 11) is 0. The van der Waals surface area contributed by atoms with Gasteiger partial charge in [-0.15, -0.1) is 0 Å². The summed E-state index contributed by atoms with van der Waals surface area (Å²) in [6, 6.07) is 0. The number of rotatable bonds is 4. The molecule has 1 aliphatic heterocycles. The normalized spacial score (nSPS) is 33.2. The second-order valence-electron chi connectivity index (χ2n) is 3.94. The van der Waals surface area contributed by atoms with Gasteiger partial charge in [0.05, 0.1) is 13.2 Å². The number of alkyl carbamates (subject to hydrolysis) is 1. The van der Waals surface area contributed by atoms with Crippen LogP contribution in [0.2, 0.25) is 0 Å². The predicted octanol–water partition coefficient (Wildman–Crippen LogP) is -1.05. The van der Waals surface area contributed by atoms with E-state index in [1.165, 1.54) is 0 Å². The van der Waals surface area contributed by atoms with E-state index in [1.54, 1.807) is 0 Å². The molecule has 0 aliphatic carbocycles. The molecule has 0 aromatic rings. The van der Waals surface area contributed by atoms with E-state index in [-0.39, 0.29) is 13.2 Å². The van der Waals surface area contributed by atoms with Crippen molar-refractivity contribution in [2.24, 2.45) is 0 Å². The van der Waals surface area contributed by atoms with Gasteiger partial charge < -0.3 is 24.8 Å². The lowest BCUT2D eigenvalue weighted by Crippen LogP contribution is -2.59. The monoisotopic (exact) mass is 249 g/mol. The van der Waals surface area contributed by atoms with E-state index in [4.69, 9.17) is 9.47 Å². The van der Waals surface area contributed by atoms with Crippen molar-refractivity contribution in [1.82, 2.24) is 5.32 Å². The summed E-state index contributed by atoms with van der Waals surface area (Å²) in [4.78, 5) is 11.3. The molecule has 17 heavy (non-hydrogen) atoms. The molecule has 4 N–H and O–H groups in total. The molecule has 0 bridgehead atoms. The maximum atomic E-state index is 11.3. The first-order valence-corrected chi connectivity index (χ1v) is 5.65. The highest BCUT2D eigenvalue weighted by atomic mass is 16.6. The smallest absolute Gasteiger partial charge is 0.409 e. The molecule has 7 nitrogen and oxygen atoms in total. The Morgan fingerprint density at radius 1 is 1.41 bits per heavy atom. The Hall–Kier alpha value is -0.890. The van der Waals surface area contributed by atoms with Gasteiger partial charge in [0.15, 0.2) is 6.23 Å². The van der Waals surface area contributed by atoms with Crippen molar-refractivity contribution in [2.45, 2.75) is 44.3 Å². The van der Waals surface area contributed by atoms with Gasteiger partial charge in [0.25, 0.3) is 0 Å². The van der Waals surface area contributed by atoms with Crippen molar-refractivity contribution in [1.29, 1.82) is 0 Å². The van der Waals surface area contributed by atoms with E-state index in [1.807, 2.05) is 6.92 Å². The third kappa shape index (κ3) is 4.12. The van der Waals surface area contributed by atoms with Crippen LogP contribution < -0.4 is 5.32 Å². The average Bonchev–Trinajstić information content (AvgIpc) is 2.30. The van der Waals surface area contributed by atoms with Gasteiger partial charge in [0, 0.05) is 0 Å². The topological polar surface area (TPSA) is 108 Å². The van der Waals surface area contributed by atoms with Gasteiger partial charge in [0.2, 0.25) is 0 Å². The van der Waals surface area contributed by atoms with Gasteiger partial charge in [-0.2, -0.15) is 0 Å². The molecule has 1 fully saturated rings. The minimum Gasteiger partial charge on any atom is -0.450 e. The number of hydrogen-bond donors (Lipinski definition) is 4. The van der Waals surface area contributed by atoms with Gasteiger partial charge in [-0.25, -0.2) is 4.79 Å². The molecule has 1 saturated heterocycles. The molecule has 1 heterocycles. The highest BCUT2D eigenvalue weighted by molar-refractivity contribution is 5.67. The van der Waals surface area contributed by atoms with Gasteiger partial charge in [-0.3, -0.25) is 5.32 Å². The molecule has 1 amide bonds. The van der Waals surface area contributed by atoms with Crippen LogP contribution in [0.4, 0.5) is 4.79 Å². The predicted molar refractivity (Wildman–Crippen MR) is 57.2 cm³/mol. The fourth-order valence-corrected chi connectivity index (χ4v) is 1.40. The number of aliphatic hydroxyl groups excluding tert-OH is 3. The standard InChI is InChI=1S/C10H19NO6/c1-2-3-4-16-10(15)11-9-8(14)7(13)6(12)5-17-9/h6-9,12-14H,2-5H2,1H3,(H,11,15)/t6-,7-,8+,9+/m1/s1. The first-order chi connectivity index (χ1) is 8.06. The van der Waals surface area contributed by atoms with Crippen LogP contribution in [-0.2, 0) is 9.47 Å². The average molecular weight is 249 g/mol. The zero-order valence-electron chi connectivity index (χ0n) is 9.70. The SMILES string of the molecule is CCCCOC(=O)N[C@H]1OC[C@@H](O)[C@@H](O)[C@@H]1O. The second-order valence-corrected chi connectivity index (χ2v) is 3.94. The zero-order valence-corrected chi connectivity index (χ0v) is 9.70. The number of ether oxygens (including phenoxy) is 2. The maximum Gasteiger partial charge on any atom is 0.409 e. The van der Waals surface area contributed by atoms with Crippen molar-refractivity contribution in [3.8, 4) is 0 Å². The molecule has 0 spiro atoms. The van der Waals surface area contributed by atoms with Crippen LogP contribution in [-0.4, -0.2) is 59.2 Å². The van der Waals surface area contributed by atoms with Gasteiger partial charge in [-0.1, -0.05) is 13.3 Å². The highest BCUT2D eigenvalue weighted by Crippen LogP contribution is 2.13. The molecule has 0 aromatic carbocycles. The zero-order chi connectivity index (χ0) is 12.8. The van der Waals surface area contributed by atoms with E-state index in [9.17, 15) is 20.1 Å². The summed E-state index contributed by atoms with van der Waals surface area (Å²) in [5, 5.41) is 30.4. The lowest BCUT2D eigenvalue weighted by atomic mass is 10.0. The van der Waals surface area contributed by atoms with Crippen LogP contribution in [0.5, 0.6) is 0 Å². The number of aliphatic hydroxyl groups is 3. The lowest BCUT2D eigenvalue weighted by molar-refractivity contribution is -0.192. The van der Waals surface area contributed by atoms with Gasteiger partial charge >= 0.3 is 6.09 Å². The van der Waals surface area contributed by atoms with Crippen molar-refractivity contribution in [3.63, 3.8) is 0 Å². The van der Waals surface area contributed by atoms with Crippen molar-refractivity contribution in [2.75, 3.05) is 13.2 Å². The minimum absolute atomic E-state index is 0.155. The Morgan fingerprint density at radius 3 is 2.76 bits per heavy atom. The number of carbonyl (C=O) groups excluding carboxylic acids is 1. The fraction of sp³-hybridized carbons (Fsp3) is 0.900. The van der Waals surface area contributed by atoms with Crippen molar-refractivity contribution >= 4 is 6.09 Å². The summed E-state index contributed by atoms with van der Waals surface area (Å²) in [6.07, 6.45) is -4.00. The summed E-state index contributed by atoms with van der Waals surface area (Å²) < 4.78 is 9.79. The van der Waals surface area contributed by atoms with Crippen LogP contribution in [0.1, 0.15) is 19.8 Å². The number of unbranched alkanes of at least 4 members (excludes halogenated alkanes) is 1. The number of amides is 1. The first-order valence-electron chi connectivity index (χ1n) is 5.65. The molecular formula is C10H19NO6. The number of hydrogen-bond acceptors (Lipinski definition) is 6. The molecule has 1 rings (SSSR count). The van der Waals surface area contributed by atoms with E-state index < -0.39 is 30.6 Å². The molecule has 0 radical (unpaired) electrons. The minimum atomic E-state index is -1.38. The molecule has 0 saturated carbocycles. The quantitative estimate of drug-likeness (QED) is 0.474. The summed E-state index contributed by atoms with van der Waals surface area (Å²) >= 11 is 0. The lowest BCUT2D eigenvalue weighted by Gasteiger charge is -2.35. The molecule has 4 atom stereocenters. The Morgan fingerprint density at radius 2 is 2.12 bits per heavy atom. The van der Waals surface area contributed by atoms with Crippen LogP contribution in [0.25, 0.3) is 0 Å². The van der Waals surface area contributed by atoms with E-state index in [2.05, 4.69) is 5.32 Å². The van der Waals surface area contributed by atoms with E-state index in [0.29, 0.717) is 0 Å². The Labute approximate surface area is 99.3 Å². The second kappa shape index (κ2) is 6.75. The van der Waals surface area contributed by atoms with Crippen molar-refractivity contribution < 1.29 is 29.6 Å². The molecule has 1 aliphatic rings. The first kappa shape index (κ1) is 14.2. The number of carbonyl (C=O) groups is 1. The summed E-state index contributed by atoms with van der Waals surface area (Å²) in [5.41, 5.74) is 0. The number of nitrogens with one attached hydrogen (secondary N) is 1. The van der Waals surface area contributed by atoms with Crippen LogP contribution in [0.15, 0.2) is 0 Å².